The summed E-state index contributed by atoms with van der Waals surface area (Å²) in [5.74, 6) is -0.0621. The van der Waals surface area contributed by atoms with Crippen molar-refractivity contribution in [2.45, 2.75) is 19.1 Å². The van der Waals surface area contributed by atoms with Crippen LogP contribution in [0.4, 0.5) is 0 Å². The summed E-state index contributed by atoms with van der Waals surface area (Å²) in [6.45, 7) is 3.77. The van der Waals surface area contributed by atoms with Gasteiger partial charge in [-0.3, -0.25) is 4.90 Å². The van der Waals surface area contributed by atoms with Gasteiger partial charge in [0.1, 0.15) is 0 Å². The lowest BCUT2D eigenvalue weighted by Gasteiger charge is -2.25. The molecule has 1 aliphatic rings. The van der Waals surface area contributed by atoms with Crippen molar-refractivity contribution in [1.82, 2.24) is 4.90 Å². The first-order valence-electron chi connectivity index (χ1n) is 5.12. The summed E-state index contributed by atoms with van der Waals surface area (Å²) < 4.78 is 27.7. The zero-order valence-corrected chi connectivity index (χ0v) is 10.0. The van der Waals surface area contributed by atoms with Crippen molar-refractivity contribution < 1.29 is 18.3 Å². The predicted molar refractivity (Wildman–Crippen MR) is 57.6 cm³/mol. The SMILES string of the molecule is CCOCCN(C)C1CS(=O)(=O)CC1O. The number of ether oxygens (including phenoxy) is 1. The van der Waals surface area contributed by atoms with Crippen molar-refractivity contribution in [3.63, 3.8) is 0 Å². The van der Waals surface area contributed by atoms with Gasteiger partial charge in [-0.2, -0.15) is 0 Å². The zero-order chi connectivity index (χ0) is 11.5. The summed E-state index contributed by atoms with van der Waals surface area (Å²) in [5, 5.41) is 9.59. The Bertz CT molecular complexity index is 290. The number of likely N-dealkylation sites (N-methyl/N-ethyl adjacent to an activating group) is 1. The van der Waals surface area contributed by atoms with Gasteiger partial charge in [0.05, 0.1) is 30.3 Å². The van der Waals surface area contributed by atoms with Crippen molar-refractivity contribution >= 4 is 9.84 Å². The summed E-state index contributed by atoms with van der Waals surface area (Å²) in [6.07, 6.45) is -0.762. The molecule has 2 atom stereocenters. The summed E-state index contributed by atoms with van der Waals surface area (Å²) in [7, 11) is -1.24. The van der Waals surface area contributed by atoms with E-state index in [-0.39, 0.29) is 17.5 Å². The van der Waals surface area contributed by atoms with Gasteiger partial charge in [-0.15, -0.1) is 0 Å². The Labute approximate surface area is 90.9 Å². The minimum Gasteiger partial charge on any atom is -0.390 e. The molecule has 0 amide bonds. The fourth-order valence-electron chi connectivity index (χ4n) is 1.75. The van der Waals surface area contributed by atoms with Gasteiger partial charge in [0, 0.05) is 13.2 Å². The van der Waals surface area contributed by atoms with Gasteiger partial charge in [0.25, 0.3) is 0 Å². The molecule has 1 saturated heterocycles. The largest absolute Gasteiger partial charge is 0.390 e. The topological polar surface area (TPSA) is 66.8 Å². The molecule has 0 spiro atoms. The van der Waals surface area contributed by atoms with E-state index in [0.29, 0.717) is 19.8 Å². The predicted octanol–water partition coefficient (Wildman–Crippen LogP) is -0.887. The van der Waals surface area contributed by atoms with Gasteiger partial charge in [0.2, 0.25) is 0 Å². The van der Waals surface area contributed by atoms with Crippen LogP contribution in [-0.2, 0) is 14.6 Å². The molecule has 1 aliphatic heterocycles. The van der Waals surface area contributed by atoms with E-state index < -0.39 is 15.9 Å². The Hall–Kier alpha value is -0.170. The number of hydrogen-bond donors (Lipinski definition) is 1. The van der Waals surface area contributed by atoms with E-state index in [2.05, 4.69) is 0 Å². The Kier molecular flexibility index (Phi) is 4.51. The molecular formula is C9H19NO4S. The van der Waals surface area contributed by atoms with Gasteiger partial charge in [0.15, 0.2) is 9.84 Å². The lowest BCUT2D eigenvalue weighted by Crippen LogP contribution is -2.42. The minimum absolute atomic E-state index is 0.0524. The van der Waals surface area contributed by atoms with Gasteiger partial charge in [-0.25, -0.2) is 8.42 Å². The van der Waals surface area contributed by atoms with Crippen LogP contribution in [0.3, 0.4) is 0 Å². The molecule has 1 N–H and O–H groups in total. The molecule has 1 rings (SSSR count). The first-order valence-corrected chi connectivity index (χ1v) is 6.95. The van der Waals surface area contributed by atoms with Crippen LogP contribution in [0.15, 0.2) is 0 Å². The van der Waals surface area contributed by atoms with Crippen molar-refractivity contribution in [3.05, 3.63) is 0 Å². The van der Waals surface area contributed by atoms with Crippen LogP contribution >= 0.6 is 0 Å². The molecule has 0 radical (unpaired) electrons. The van der Waals surface area contributed by atoms with Gasteiger partial charge >= 0.3 is 0 Å². The Balaban J connectivity index is 2.43. The fourth-order valence-corrected chi connectivity index (χ4v) is 3.63. The van der Waals surface area contributed by atoms with Crippen LogP contribution in [0.2, 0.25) is 0 Å². The first-order chi connectivity index (χ1) is 6.96. The number of nitrogens with zero attached hydrogens (tertiary/aromatic N) is 1. The highest BCUT2D eigenvalue weighted by atomic mass is 32.2. The molecule has 6 heteroatoms. The summed E-state index contributed by atoms with van der Waals surface area (Å²) in [5.41, 5.74) is 0. The molecule has 15 heavy (non-hydrogen) atoms. The molecular weight excluding hydrogens is 218 g/mol. The van der Waals surface area contributed by atoms with Crippen molar-refractivity contribution in [2.75, 3.05) is 38.3 Å². The molecule has 0 aromatic rings. The van der Waals surface area contributed by atoms with Crippen LogP contribution in [0.25, 0.3) is 0 Å². The standard InChI is InChI=1S/C9H19NO4S/c1-3-14-5-4-10(2)8-6-15(12,13)7-9(8)11/h8-9,11H,3-7H2,1-2H3. The third kappa shape index (κ3) is 3.71. The number of aliphatic hydroxyl groups is 1. The van der Waals surface area contributed by atoms with E-state index in [1.807, 2.05) is 18.9 Å². The Morgan fingerprint density at radius 2 is 2.13 bits per heavy atom. The summed E-state index contributed by atoms with van der Waals surface area (Å²) in [6, 6.07) is -0.282. The smallest absolute Gasteiger partial charge is 0.154 e. The maximum absolute atomic E-state index is 11.3. The third-order valence-electron chi connectivity index (χ3n) is 2.65. The van der Waals surface area contributed by atoms with Crippen molar-refractivity contribution in [1.29, 1.82) is 0 Å². The molecule has 2 unspecified atom stereocenters. The molecule has 0 aromatic heterocycles. The molecule has 5 nitrogen and oxygen atoms in total. The van der Waals surface area contributed by atoms with Crippen LogP contribution in [0.1, 0.15) is 6.92 Å². The molecule has 0 aliphatic carbocycles. The highest BCUT2D eigenvalue weighted by Crippen LogP contribution is 2.16. The van der Waals surface area contributed by atoms with Crippen LogP contribution in [0, 0.1) is 0 Å². The third-order valence-corrected chi connectivity index (χ3v) is 4.35. The molecule has 1 fully saturated rings. The van der Waals surface area contributed by atoms with E-state index in [1.54, 1.807) is 0 Å². The average Bonchev–Trinajstić information content (AvgIpc) is 2.40. The van der Waals surface area contributed by atoms with E-state index in [0.717, 1.165) is 0 Å². The second kappa shape index (κ2) is 5.25. The minimum atomic E-state index is -3.05. The fraction of sp³-hybridized carbons (Fsp3) is 1.00. The van der Waals surface area contributed by atoms with Crippen LogP contribution in [-0.4, -0.2) is 68.9 Å². The summed E-state index contributed by atoms with van der Waals surface area (Å²) >= 11 is 0. The van der Waals surface area contributed by atoms with E-state index >= 15 is 0 Å². The number of sulfone groups is 1. The van der Waals surface area contributed by atoms with Gasteiger partial charge in [-0.05, 0) is 14.0 Å². The second-order valence-corrected chi connectivity index (χ2v) is 6.04. The number of hydrogen-bond acceptors (Lipinski definition) is 5. The summed E-state index contributed by atoms with van der Waals surface area (Å²) in [4.78, 5) is 1.85. The molecule has 1 heterocycles. The molecule has 0 saturated carbocycles. The lowest BCUT2D eigenvalue weighted by atomic mass is 10.2. The number of rotatable bonds is 5. The quantitative estimate of drug-likeness (QED) is 0.629. The Morgan fingerprint density at radius 1 is 1.47 bits per heavy atom. The number of aliphatic hydroxyl groups excluding tert-OH is 1. The maximum Gasteiger partial charge on any atom is 0.154 e. The van der Waals surface area contributed by atoms with E-state index in [1.165, 1.54) is 0 Å². The maximum atomic E-state index is 11.3. The Morgan fingerprint density at radius 3 is 2.60 bits per heavy atom. The lowest BCUT2D eigenvalue weighted by molar-refractivity contribution is 0.0677. The van der Waals surface area contributed by atoms with Crippen molar-refractivity contribution in [3.8, 4) is 0 Å². The highest BCUT2D eigenvalue weighted by Gasteiger charge is 2.38. The first kappa shape index (κ1) is 12.9. The van der Waals surface area contributed by atoms with Crippen molar-refractivity contribution in [2.24, 2.45) is 0 Å². The molecule has 90 valence electrons. The monoisotopic (exact) mass is 237 g/mol. The van der Waals surface area contributed by atoms with Crippen LogP contribution < -0.4 is 0 Å². The van der Waals surface area contributed by atoms with Gasteiger partial charge < -0.3 is 9.84 Å². The molecule has 0 bridgehead atoms. The van der Waals surface area contributed by atoms with E-state index in [4.69, 9.17) is 4.74 Å². The van der Waals surface area contributed by atoms with E-state index in [9.17, 15) is 13.5 Å². The normalized spacial score (nSPS) is 29.9. The second-order valence-electron chi connectivity index (χ2n) is 3.89. The zero-order valence-electron chi connectivity index (χ0n) is 9.22. The average molecular weight is 237 g/mol. The molecule has 0 aromatic carbocycles. The van der Waals surface area contributed by atoms with Gasteiger partial charge in [-0.1, -0.05) is 0 Å². The van der Waals surface area contributed by atoms with Crippen LogP contribution in [0.5, 0.6) is 0 Å². The highest BCUT2D eigenvalue weighted by molar-refractivity contribution is 7.91.